The number of alkyl halides is 3. The zero-order chi connectivity index (χ0) is 10.9. The first kappa shape index (κ1) is 11.1. The fourth-order valence-electron chi connectivity index (χ4n) is 1.22. The molecule has 0 atom stereocenters. The summed E-state index contributed by atoms with van der Waals surface area (Å²) in [7, 11) is 0. The van der Waals surface area contributed by atoms with Crippen LogP contribution in [0.15, 0.2) is 0 Å². The van der Waals surface area contributed by atoms with Gasteiger partial charge in [-0.15, -0.1) is 0 Å². The molecule has 1 rings (SSSR count). The monoisotopic (exact) mass is 206 g/mol. The van der Waals surface area contributed by atoms with Crippen molar-refractivity contribution < 1.29 is 13.2 Å². The summed E-state index contributed by atoms with van der Waals surface area (Å²) in [4.78, 5) is 5.79. The van der Waals surface area contributed by atoms with Crippen LogP contribution in [0.2, 0.25) is 0 Å². The topological polar surface area (TPSA) is 28.7 Å². The highest BCUT2D eigenvalue weighted by atomic mass is 19.4. The van der Waals surface area contributed by atoms with E-state index in [2.05, 4.69) is 9.97 Å². The average molecular weight is 206 g/mol. The predicted octanol–water partition coefficient (Wildman–Crippen LogP) is 2.94. The summed E-state index contributed by atoms with van der Waals surface area (Å²) in [6, 6.07) is 0. The Morgan fingerprint density at radius 2 is 1.93 bits per heavy atom. The molecule has 1 N–H and O–H groups in total. The molecule has 0 radical (unpaired) electrons. The lowest BCUT2D eigenvalue weighted by Crippen LogP contribution is -2.07. The highest BCUT2D eigenvalue weighted by Crippen LogP contribution is 2.27. The smallest absolute Gasteiger partial charge is 0.338 e. The molecule has 0 aromatic carbocycles. The number of hydrogen-bond donors (Lipinski definition) is 1. The molecule has 0 bridgehead atoms. The Bertz CT molecular complexity index is 312. The fourth-order valence-corrected chi connectivity index (χ4v) is 1.22. The number of H-pyrrole nitrogens is 1. The molecule has 1 heterocycles. The second-order valence-electron chi connectivity index (χ2n) is 3.75. The second kappa shape index (κ2) is 3.63. The van der Waals surface area contributed by atoms with Crippen molar-refractivity contribution >= 4 is 0 Å². The third-order valence-corrected chi connectivity index (χ3v) is 1.86. The lowest BCUT2D eigenvalue weighted by atomic mass is 10.1. The van der Waals surface area contributed by atoms with E-state index >= 15 is 0 Å². The third-order valence-electron chi connectivity index (χ3n) is 1.86. The van der Waals surface area contributed by atoms with E-state index in [9.17, 15) is 13.2 Å². The van der Waals surface area contributed by atoms with Gasteiger partial charge in [-0.05, 0) is 19.3 Å². The van der Waals surface area contributed by atoms with Gasteiger partial charge in [-0.1, -0.05) is 13.8 Å². The lowest BCUT2D eigenvalue weighted by molar-refractivity contribution is -0.144. The van der Waals surface area contributed by atoms with E-state index in [0.717, 1.165) is 0 Å². The van der Waals surface area contributed by atoms with E-state index in [-0.39, 0.29) is 0 Å². The Hall–Kier alpha value is -1.00. The van der Waals surface area contributed by atoms with Gasteiger partial charge in [-0.25, -0.2) is 4.98 Å². The summed E-state index contributed by atoms with van der Waals surface area (Å²) < 4.78 is 36.7. The molecule has 0 saturated heterocycles. The number of nitrogens with zero attached hydrogens (tertiary/aromatic N) is 1. The van der Waals surface area contributed by atoms with Crippen LogP contribution in [0.4, 0.5) is 13.2 Å². The van der Waals surface area contributed by atoms with Crippen molar-refractivity contribution in [1.82, 2.24) is 9.97 Å². The molecule has 0 spiro atoms. The molecule has 1 aromatic rings. The lowest BCUT2D eigenvalue weighted by Gasteiger charge is -2.01. The molecule has 1 aromatic heterocycles. The largest absolute Gasteiger partial charge is 0.449 e. The number of hydrogen-bond acceptors (Lipinski definition) is 1. The second-order valence-corrected chi connectivity index (χ2v) is 3.75. The van der Waals surface area contributed by atoms with Crippen LogP contribution in [0.3, 0.4) is 0 Å². The number of rotatable bonds is 2. The summed E-state index contributed by atoms with van der Waals surface area (Å²) in [5.41, 5.74) is 1.01. The summed E-state index contributed by atoms with van der Waals surface area (Å²) in [5.74, 6) is -0.594. The van der Waals surface area contributed by atoms with Crippen LogP contribution in [-0.2, 0) is 12.6 Å². The van der Waals surface area contributed by atoms with Crippen LogP contribution < -0.4 is 0 Å². The minimum atomic E-state index is -4.38. The molecule has 0 fully saturated rings. The normalized spacial score (nSPS) is 12.5. The first-order valence-corrected chi connectivity index (χ1v) is 4.43. The first-order chi connectivity index (χ1) is 6.30. The maximum absolute atomic E-state index is 12.2. The SMILES string of the molecule is Cc1[nH]c(C(F)(F)F)nc1CC(C)C. The van der Waals surface area contributed by atoms with Crippen molar-refractivity contribution in [3.63, 3.8) is 0 Å². The van der Waals surface area contributed by atoms with E-state index in [4.69, 9.17) is 0 Å². The van der Waals surface area contributed by atoms with Crippen molar-refractivity contribution in [3.05, 3.63) is 17.2 Å². The van der Waals surface area contributed by atoms with Gasteiger partial charge in [0, 0.05) is 5.69 Å². The maximum Gasteiger partial charge on any atom is 0.449 e. The Morgan fingerprint density at radius 1 is 1.36 bits per heavy atom. The van der Waals surface area contributed by atoms with Gasteiger partial charge in [-0.3, -0.25) is 0 Å². The van der Waals surface area contributed by atoms with Gasteiger partial charge in [0.2, 0.25) is 5.82 Å². The molecule has 0 aliphatic heterocycles. The summed E-state index contributed by atoms with van der Waals surface area (Å²) in [5, 5.41) is 0. The van der Waals surface area contributed by atoms with Crippen molar-refractivity contribution in [2.75, 3.05) is 0 Å². The van der Waals surface area contributed by atoms with Crippen LogP contribution in [0.25, 0.3) is 0 Å². The van der Waals surface area contributed by atoms with Crippen LogP contribution in [0, 0.1) is 12.8 Å². The number of aromatic nitrogens is 2. The Labute approximate surface area is 80.5 Å². The zero-order valence-corrected chi connectivity index (χ0v) is 8.37. The van der Waals surface area contributed by atoms with Gasteiger partial charge in [0.25, 0.3) is 0 Å². The molecular weight excluding hydrogens is 193 g/mol. The number of aryl methyl sites for hydroxylation is 1. The van der Waals surface area contributed by atoms with Gasteiger partial charge in [0.05, 0.1) is 5.69 Å². The minimum Gasteiger partial charge on any atom is -0.338 e. The van der Waals surface area contributed by atoms with Gasteiger partial charge in [0.1, 0.15) is 0 Å². The Morgan fingerprint density at radius 3 is 2.29 bits per heavy atom. The number of imidazole rings is 1. The third kappa shape index (κ3) is 2.49. The van der Waals surface area contributed by atoms with Crippen molar-refractivity contribution in [3.8, 4) is 0 Å². The summed E-state index contributed by atoms with van der Waals surface area (Å²) in [6.45, 7) is 5.50. The van der Waals surface area contributed by atoms with Crippen LogP contribution in [0.5, 0.6) is 0 Å². The summed E-state index contributed by atoms with van der Waals surface area (Å²) >= 11 is 0. The molecular formula is C9H13F3N2. The predicted molar refractivity (Wildman–Crippen MR) is 46.9 cm³/mol. The molecule has 0 aliphatic carbocycles. The first-order valence-electron chi connectivity index (χ1n) is 4.43. The molecule has 0 aliphatic rings. The standard InChI is InChI=1S/C9H13F3N2/c1-5(2)4-7-6(3)13-8(14-7)9(10,11)12/h5H,4H2,1-3H3,(H,13,14). The number of nitrogens with one attached hydrogen (secondary N) is 1. The molecule has 0 unspecified atom stereocenters. The van der Waals surface area contributed by atoms with Crippen LogP contribution in [-0.4, -0.2) is 9.97 Å². The zero-order valence-electron chi connectivity index (χ0n) is 8.37. The van der Waals surface area contributed by atoms with Gasteiger partial charge in [-0.2, -0.15) is 13.2 Å². The minimum absolute atomic E-state index is 0.304. The molecule has 0 saturated carbocycles. The van der Waals surface area contributed by atoms with Crippen molar-refractivity contribution in [2.24, 2.45) is 5.92 Å². The highest BCUT2D eigenvalue weighted by molar-refractivity contribution is 5.14. The van der Waals surface area contributed by atoms with Gasteiger partial charge >= 0.3 is 6.18 Å². The van der Waals surface area contributed by atoms with Crippen LogP contribution >= 0.6 is 0 Å². The number of aromatic amines is 1. The molecule has 2 nitrogen and oxygen atoms in total. The van der Waals surface area contributed by atoms with Gasteiger partial charge in [0.15, 0.2) is 0 Å². The summed E-state index contributed by atoms with van der Waals surface area (Å²) in [6.07, 6.45) is -3.81. The van der Waals surface area contributed by atoms with E-state index in [1.165, 1.54) is 0 Å². The Kier molecular flexibility index (Phi) is 2.87. The molecule has 80 valence electrons. The van der Waals surface area contributed by atoms with Gasteiger partial charge < -0.3 is 4.98 Å². The molecule has 0 amide bonds. The number of halogens is 3. The van der Waals surface area contributed by atoms with E-state index in [1.807, 2.05) is 13.8 Å². The molecule has 14 heavy (non-hydrogen) atoms. The average Bonchev–Trinajstić information content (AvgIpc) is 2.30. The van der Waals surface area contributed by atoms with Crippen molar-refractivity contribution in [2.45, 2.75) is 33.4 Å². The highest BCUT2D eigenvalue weighted by Gasteiger charge is 2.35. The van der Waals surface area contributed by atoms with E-state index < -0.39 is 12.0 Å². The van der Waals surface area contributed by atoms with E-state index in [0.29, 0.717) is 23.7 Å². The van der Waals surface area contributed by atoms with E-state index in [1.54, 1.807) is 6.92 Å². The molecule has 5 heteroatoms. The quantitative estimate of drug-likeness (QED) is 0.791. The van der Waals surface area contributed by atoms with Crippen LogP contribution in [0.1, 0.15) is 31.1 Å². The van der Waals surface area contributed by atoms with Crippen molar-refractivity contribution in [1.29, 1.82) is 0 Å². The maximum atomic E-state index is 12.2. The Balaban J connectivity index is 2.94. The fraction of sp³-hybridized carbons (Fsp3) is 0.667.